The number of halogens is 1. The van der Waals surface area contributed by atoms with Crippen LogP contribution in [0, 0.1) is 17.3 Å². The summed E-state index contributed by atoms with van der Waals surface area (Å²) >= 11 is 6.33. The van der Waals surface area contributed by atoms with Gasteiger partial charge in [-0.25, -0.2) is 0 Å². The van der Waals surface area contributed by atoms with Gasteiger partial charge in [0, 0.05) is 17.9 Å². The van der Waals surface area contributed by atoms with Crippen molar-refractivity contribution in [3.05, 3.63) is 0 Å². The highest BCUT2D eigenvalue weighted by Crippen LogP contribution is 2.55. The highest BCUT2D eigenvalue weighted by Gasteiger charge is 2.54. The molecule has 2 saturated carbocycles. The minimum atomic E-state index is 0.360. The van der Waals surface area contributed by atoms with E-state index in [4.69, 9.17) is 16.3 Å². The van der Waals surface area contributed by atoms with Gasteiger partial charge < -0.3 is 4.74 Å². The van der Waals surface area contributed by atoms with E-state index in [1.54, 1.807) is 0 Å². The molecule has 15 heavy (non-hydrogen) atoms. The lowest BCUT2D eigenvalue weighted by Crippen LogP contribution is -2.40. The number of rotatable bonds is 3. The van der Waals surface area contributed by atoms with Crippen LogP contribution in [0.2, 0.25) is 0 Å². The molecule has 2 heteroatoms. The maximum atomic E-state index is 6.33. The fourth-order valence-electron chi connectivity index (χ4n) is 3.88. The zero-order valence-electron chi connectivity index (χ0n) is 9.38. The summed E-state index contributed by atoms with van der Waals surface area (Å²) in [5.74, 6) is 2.55. The van der Waals surface area contributed by atoms with Crippen molar-refractivity contribution in [2.24, 2.45) is 17.3 Å². The molecule has 3 aliphatic rings. The highest BCUT2D eigenvalue weighted by atomic mass is 35.5. The van der Waals surface area contributed by atoms with E-state index in [9.17, 15) is 0 Å². The Kier molecular flexibility index (Phi) is 2.72. The van der Waals surface area contributed by atoms with Crippen LogP contribution >= 0.6 is 11.6 Å². The molecule has 3 rings (SSSR count). The quantitative estimate of drug-likeness (QED) is 0.671. The molecule has 0 spiro atoms. The van der Waals surface area contributed by atoms with Crippen LogP contribution in [-0.2, 0) is 4.74 Å². The molecular formula is C13H21ClO. The fourth-order valence-corrected chi connectivity index (χ4v) is 4.38. The standard InChI is InChI=1S/C13H21ClO/c14-9-13(11-3-1-2-4-11)7-8-15-12(13)10-5-6-10/h10-12H,1-9H2. The molecule has 0 radical (unpaired) electrons. The second-order valence-corrected chi connectivity index (χ2v) is 5.99. The van der Waals surface area contributed by atoms with Gasteiger partial charge in [-0.1, -0.05) is 12.8 Å². The highest BCUT2D eigenvalue weighted by molar-refractivity contribution is 6.18. The number of ether oxygens (including phenoxy) is 1. The maximum Gasteiger partial charge on any atom is 0.0674 e. The van der Waals surface area contributed by atoms with E-state index >= 15 is 0 Å². The summed E-state index contributed by atoms with van der Waals surface area (Å²) < 4.78 is 6.01. The summed E-state index contributed by atoms with van der Waals surface area (Å²) in [6.07, 6.45) is 10.1. The first-order chi connectivity index (χ1) is 7.37. The topological polar surface area (TPSA) is 9.23 Å². The van der Waals surface area contributed by atoms with Gasteiger partial charge in [-0.15, -0.1) is 11.6 Å². The molecule has 0 aromatic carbocycles. The second kappa shape index (κ2) is 3.92. The predicted octanol–water partition coefficient (Wildman–Crippen LogP) is 3.60. The molecule has 1 aliphatic heterocycles. The SMILES string of the molecule is ClCC1(C2CCCC2)CCOC1C1CC1. The monoisotopic (exact) mass is 228 g/mol. The molecule has 0 N–H and O–H groups in total. The molecule has 1 heterocycles. The predicted molar refractivity (Wildman–Crippen MR) is 62.2 cm³/mol. The van der Waals surface area contributed by atoms with Crippen LogP contribution in [0.3, 0.4) is 0 Å². The Labute approximate surface area is 97.5 Å². The number of hydrogen-bond donors (Lipinski definition) is 0. The van der Waals surface area contributed by atoms with Crippen molar-refractivity contribution in [2.45, 2.75) is 51.0 Å². The first-order valence-electron chi connectivity index (χ1n) is 6.54. The maximum absolute atomic E-state index is 6.33. The van der Waals surface area contributed by atoms with Crippen LogP contribution < -0.4 is 0 Å². The van der Waals surface area contributed by atoms with Gasteiger partial charge in [-0.3, -0.25) is 0 Å². The van der Waals surface area contributed by atoms with E-state index in [1.807, 2.05) is 0 Å². The fraction of sp³-hybridized carbons (Fsp3) is 1.00. The Morgan fingerprint density at radius 2 is 1.87 bits per heavy atom. The summed E-state index contributed by atoms with van der Waals surface area (Å²) in [5.41, 5.74) is 0.360. The molecule has 0 amide bonds. The van der Waals surface area contributed by atoms with E-state index in [2.05, 4.69) is 0 Å². The third kappa shape index (κ3) is 1.63. The summed E-state index contributed by atoms with van der Waals surface area (Å²) in [7, 11) is 0. The lowest BCUT2D eigenvalue weighted by molar-refractivity contribution is 0.0127. The van der Waals surface area contributed by atoms with Crippen molar-refractivity contribution >= 4 is 11.6 Å². The van der Waals surface area contributed by atoms with Gasteiger partial charge in [0.1, 0.15) is 0 Å². The van der Waals surface area contributed by atoms with Crippen molar-refractivity contribution in [3.8, 4) is 0 Å². The van der Waals surface area contributed by atoms with Crippen molar-refractivity contribution in [2.75, 3.05) is 12.5 Å². The Bertz CT molecular complexity index is 233. The summed E-state index contributed by atoms with van der Waals surface area (Å²) in [5, 5.41) is 0. The minimum Gasteiger partial charge on any atom is -0.377 e. The van der Waals surface area contributed by atoms with Gasteiger partial charge in [0.25, 0.3) is 0 Å². The first kappa shape index (κ1) is 10.4. The normalized spacial score (nSPS) is 42.6. The van der Waals surface area contributed by atoms with Gasteiger partial charge in [0.05, 0.1) is 6.10 Å². The molecule has 2 unspecified atom stereocenters. The molecule has 1 saturated heterocycles. The van der Waals surface area contributed by atoms with Crippen molar-refractivity contribution in [1.82, 2.24) is 0 Å². The zero-order chi connectivity index (χ0) is 10.3. The Morgan fingerprint density at radius 1 is 1.13 bits per heavy atom. The lowest BCUT2D eigenvalue weighted by atomic mass is 9.69. The van der Waals surface area contributed by atoms with Crippen LogP contribution in [-0.4, -0.2) is 18.6 Å². The van der Waals surface area contributed by atoms with Crippen molar-refractivity contribution in [3.63, 3.8) is 0 Å². The molecule has 86 valence electrons. The second-order valence-electron chi connectivity index (χ2n) is 5.73. The van der Waals surface area contributed by atoms with E-state index in [0.29, 0.717) is 11.5 Å². The Balaban J connectivity index is 1.82. The van der Waals surface area contributed by atoms with Gasteiger partial charge in [0.15, 0.2) is 0 Å². The molecule has 2 atom stereocenters. The van der Waals surface area contributed by atoms with Crippen LogP contribution in [0.1, 0.15) is 44.9 Å². The number of alkyl halides is 1. The van der Waals surface area contributed by atoms with E-state index < -0.39 is 0 Å². The van der Waals surface area contributed by atoms with Crippen LogP contribution in [0.5, 0.6) is 0 Å². The average Bonchev–Trinajstić information content (AvgIpc) is 2.83. The zero-order valence-corrected chi connectivity index (χ0v) is 10.1. The van der Waals surface area contributed by atoms with E-state index in [0.717, 1.165) is 24.3 Å². The van der Waals surface area contributed by atoms with Crippen molar-refractivity contribution in [1.29, 1.82) is 0 Å². The lowest BCUT2D eigenvalue weighted by Gasteiger charge is -2.38. The van der Waals surface area contributed by atoms with E-state index in [1.165, 1.54) is 44.9 Å². The largest absolute Gasteiger partial charge is 0.377 e. The van der Waals surface area contributed by atoms with Gasteiger partial charge in [-0.05, 0) is 43.9 Å². The first-order valence-corrected chi connectivity index (χ1v) is 7.08. The third-order valence-electron chi connectivity index (χ3n) is 4.90. The summed E-state index contributed by atoms with van der Waals surface area (Å²) in [6.45, 7) is 0.963. The molecule has 1 nitrogen and oxygen atoms in total. The van der Waals surface area contributed by atoms with Gasteiger partial charge >= 0.3 is 0 Å². The molecule has 0 bridgehead atoms. The van der Waals surface area contributed by atoms with Crippen molar-refractivity contribution < 1.29 is 4.74 Å². The minimum absolute atomic E-state index is 0.360. The summed E-state index contributed by atoms with van der Waals surface area (Å²) in [6, 6.07) is 0. The van der Waals surface area contributed by atoms with Crippen LogP contribution in [0.25, 0.3) is 0 Å². The Hall–Kier alpha value is 0.250. The molecule has 0 aromatic rings. The summed E-state index contributed by atoms with van der Waals surface area (Å²) in [4.78, 5) is 0. The number of hydrogen-bond acceptors (Lipinski definition) is 1. The average molecular weight is 229 g/mol. The van der Waals surface area contributed by atoms with Gasteiger partial charge in [-0.2, -0.15) is 0 Å². The van der Waals surface area contributed by atoms with E-state index in [-0.39, 0.29) is 0 Å². The molecule has 3 fully saturated rings. The molecule has 0 aromatic heterocycles. The third-order valence-corrected chi connectivity index (χ3v) is 5.40. The Morgan fingerprint density at radius 3 is 2.47 bits per heavy atom. The molecular weight excluding hydrogens is 208 g/mol. The van der Waals surface area contributed by atoms with Gasteiger partial charge in [0.2, 0.25) is 0 Å². The molecule has 2 aliphatic carbocycles. The smallest absolute Gasteiger partial charge is 0.0674 e. The van der Waals surface area contributed by atoms with Crippen LogP contribution in [0.15, 0.2) is 0 Å². The van der Waals surface area contributed by atoms with Crippen LogP contribution in [0.4, 0.5) is 0 Å².